The van der Waals surface area contributed by atoms with Gasteiger partial charge >= 0.3 is 0 Å². The molecule has 0 aromatic carbocycles. The topological polar surface area (TPSA) is 20.2 Å². The zero-order valence-electron chi connectivity index (χ0n) is 10.7. The quantitative estimate of drug-likeness (QED) is 0.758. The third kappa shape index (κ3) is 0.723. The first-order chi connectivity index (χ1) is 7.55. The molecule has 5 aliphatic rings. The number of hydrogen-bond acceptors (Lipinski definition) is 1. The third-order valence-corrected chi connectivity index (χ3v) is 7.73. The average molecular weight is 220 g/mol. The molecular formula is C15H24O. The lowest BCUT2D eigenvalue weighted by Crippen LogP contribution is -2.38. The number of aliphatic hydroxyl groups excluding tert-OH is 1. The first-order valence-electron chi connectivity index (χ1n) is 7.16. The van der Waals surface area contributed by atoms with E-state index >= 15 is 0 Å². The first-order valence-corrected chi connectivity index (χ1v) is 7.16. The second-order valence-electron chi connectivity index (χ2n) is 7.61. The largest absolute Gasteiger partial charge is 0.396 e. The van der Waals surface area contributed by atoms with E-state index in [4.69, 9.17) is 0 Å². The molecule has 0 amide bonds. The van der Waals surface area contributed by atoms with Gasteiger partial charge in [0, 0.05) is 6.61 Å². The van der Waals surface area contributed by atoms with Crippen molar-refractivity contribution in [3.8, 4) is 0 Å². The van der Waals surface area contributed by atoms with Gasteiger partial charge in [-0.15, -0.1) is 0 Å². The van der Waals surface area contributed by atoms with Gasteiger partial charge in [0.15, 0.2) is 0 Å². The van der Waals surface area contributed by atoms with E-state index in [2.05, 4.69) is 20.8 Å². The smallest absolute Gasteiger partial charge is 0.0459 e. The fraction of sp³-hybridized carbons (Fsp3) is 1.00. The average Bonchev–Trinajstić information content (AvgIpc) is 2.58. The van der Waals surface area contributed by atoms with Crippen molar-refractivity contribution in [2.45, 2.75) is 40.0 Å². The predicted octanol–water partition coefficient (Wildman–Crippen LogP) is 2.93. The van der Waals surface area contributed by atoms with Gasteiger partial charge in [0.1, 0.15) is 0 Å². The molecule has 0 heterocycles. The highest BCUT2D eigenvalue weighted by atomic mass is 16.3. The Balaban J connectivity index is 1.73. The van der Waals surface area contributed by atoms with E-state index in [0.29, 0.717) is 23.4 Å². The summed E-state index contributed by atoms with van der Waals surface area (Å²) in [5.41, 5.74) is 1.39. The monoisotopic (exact) mass is 220 g/mol. The van der Waals surface area contributed by atoms with Crippen LogP contribution >= 0.6 is 0 Å². The minimum atomic E-state index is 0.401. The standard InChI is InChI=1S/C15H24O/c1-8(7-16)9-4-5-14(2)10-6-11-13(12(9)10)15(11,14)3/h8-13,16H,4-7H2,1-3H3/t8?,9-,10?,11?,12?,13?,14?,15+/m1/s1. The lowest BCUT2D eigenvalue weighted by molar-refractivity contribution is 0.0302. The van der Waals surface area contributed by atoms with Crippen molar-refractivity contribution < 1.29 is 5.11 Å². The fourth-order valence-electron chi connectivity index (χ4n) is 6.74. The van der Waals surface area contributed by atoms with E-state index in [1.54, 1.807) is 0 Å². The van der Waals surface area contributed by atoms with Crippen LogP contribution in [0.15, 0.2) is 0 Å². The van der Waals surface area contributed by atoms with Crippen LogP contribution in [0.3, 0.4) is 0 Å². The first kappa shape index (κ1) is 9.94. The van der Waals surface area contributed by atoms with Crippen LogP contribution in [0.1, 0.15) is 40.0 Å². The molecule has 0 aromatic heterocycles. The van der Waals surface area contributed by atoms with E-state index < -0.39 is 0 Å². The number of aliphatic hydroxyl groups is 1. The van der Waals surface area contributed by atoms with Crippen LogP contribution < -0.4 is 0 Å². The van der Waals surface area contributed by atoms with Gasteiger partial charge in [0.2, 0.25) is 0 Å². The summed E-state index contributed by atoms with van der Waals surface area (Å²) < 4.78 is 0. The van der Waals surface area contributed by atoms with Crippen LogP contribution in [-0.4, -0.2) is 11.7 Å². The van der Waals surface area contributed by atoms with Crippen LogP contribution in [0.25, 0.3) is 0 Å². The number of rotatable bonds is 2. The van der Waals surface area contributed by atoms with Crippen molar-refractivity contribution in [1.29, 1.82) is 0 Å². The molecule has 5 saturated carbocycles. The molecule has 5 rings (SSSR count). The van der Waals surface area contributed by atoms with E-state index in [-0.39, 0.29) is 0 Å². The highest BCUT2D eigenvalue weighted by Crippen LogP contribution is 2.91. The molecule has 5 aliphatic carbocycles. The molecule has 1 N–H and O–H groups in total. The summed E-state index contributed by atoms with van der Waals surface area (Å²) in [7, 11) is 0. The molecule has 1 heteroatoms. The summed E-state index contributed by atoms with van der Waals surface area (Å²) in [6.07, 6.45) is 4.35. The van der Waals surface area contributed by atoms with Crippen molar-refractivity contribution in [3.63, 3.8) is 0 Å². The summed E-state index contributed by atoms with van der Waals surface area (Å²) >= 11 is 0. The van der Waals surface area contributed by atoms with Gasteiger partial charge in [-0.05, 0) is 65.6 Å². The maximum absolute atomic E-state index is 9.44. The van der Waals surface area contributed by atoms with Gasteiger partial charge in [-0.25, -0.2) is 0 Å². The molecule has 90 valence electrons. The summed E-state index contributed by atoms with van der Waals surface area (Å²) in [4.78, 5) is 0. The van der Waals surface area contributed by atoms with Gasteiger partial charge in [-0.2, -0.15) is 0 Å². The van der Waals surface area contributed by atoms with E-state index in [9.17, 15) is 5.11 Å². The summed E-state index contributed by atoms with van der Waals surface area (Å²) in [6.45, 7) is 7.83. The van der Waals surface area contributed by atoms with Gasteiger partial charge in [0.25, 0.3) is 0 Å². The molecule has 6 unspecified atom stereocenters. The van der Waals surface area contributed by atoms with Crippen LogP contribution in [0, 0.1) is 46.3 Å². The predicted molar refractivity (Wildman–Crippen MR) is 63.8 cm³/mol. The SMILES string of the molecule is CC(CO)[C@H]1CCC2(C)C3CC4C(C31)[C@]42C. The van der Waals surface area contributed by atoms with Crippen LogP contribution in [0.2, 0.25) is 0 Å². The lowest BCUT2D eigenvalue weighted by atomic mass is 9.61. The molecule has 8 atom stereocenters. The van der Waals surface area contributed by atoms with Crippen LogP contribution in [0.4, 0.5) is 0 Å². The Morgan fingerprint density at radius 2 is 2.06 bits per heavy atom. The molecule has 0 aliphatic heterocycles. The number of hydrogen-bond donors (Lipinski definition) is 1. The zero-order valence-corrected chi connectivity index (χ0v) is 10.7. The Labute approximate surface area is 98.6 Å². The molecule has 0 radical (unpaired) electrons. The molecule has 6 bridgehead atoms. The molecule has 0 saturated heterocycles. The molecule has 0 aromatic rings. The van der Waals surface area contributed by atoms with Crippen molar-refractivity contribution in [3.05, 3.63) is 0 Å². The van der Waals surface area contributed by atoms with Gasteiger partial charge in [0.05, 0.1) is 0 Å². The Morgan fingerprint density at radius 1 is 1.31 bits per heavy atom. The molecule has 5 fully saturated rings. The Kier molecular flexibility index (Phi) is 1.57. The van der Waals surface area contributed by atoms with Crippen molar-refractivity contribution >= 4 is 0 Å². The van der Waals surface area contributed by atoms with E-state index in [1.165, 1.54) is 19.3 Å². The van der Waals surface area contributed by atoms with Crippen LogP contribution in [-0.2, 0) is 0 Å². The molecule has 16 heavy (non-hydrogen) atoms. The summed E-state index contributed by atoms with van der Waals surface area (Å²) in [5.74, 6) is 5.49. The van der Waals surface area contributed by atoms with Crippen molar-refractivity contribution in [2.75, 3.05) is 6.61 Å². The Hall–Kier alpha value is -0.0400. The second kappa shape index (κ2) is 2.53. The van der Waals surface area contributed by atoms with Crippen molar-refractivity contribution in [1.82, 2.24) is 0 Å². The second-order valence-corrected chi connectivity index (χ2v) is 7.61. The lowest BCUT2D eigenvalue weighted by Gasteiger charge is -2.44. The fourth-order valence-corrected chi connectivity index (χ4v) is 6.74. The van der Waals surface area contributed by atoms with E-state index in [0.717, 1.165) is 29.6 Å². The maximum Gasteiger partial charge on any atom is 0.0459 e. The highest BCUT2D eigenvalue weighted by Gasteiger charge is 2.86. The van der Waals surface area contributed by atoms with E-state index in [1.807, 2.05) is 0 Å². The zero-order chi connectivity index (χ0) is 11.3. The minimum absolute atomic E-state index is 0.401. The van der Waals surface area contributed by atoms with Gasteiger partial charge < -0.3 is 5.11 Å². The van der Waals surface area contributed by atoms with Crippen molar-refractivity contribution in [2.24, 2.45) is 46.3 Å². The summed E-state index contributed by atoms with van der Waals surface area (Å²) in [6, 6.07) is 0. The van der Waals surface area contributed by atoms with Crippen LogP contribution in [0.5, 0.6) is 0 Å². The van der Waals surface area contributed by atoms with Gasteiger partial charge in [-0.1, -0.05) is 20.8 Å². The Bertz CT molecular complexity index is 351. The minimum Gasteiger partial charge on any atom is -0.396 e. The Morgan fingerprint density at radius 3 is 2.69 bits per heavy atom. The molecule has 1 nitrogen and oxygen atoms in total. The highest BCUT2D eigenvalue weighted by molar-refractivity contribution is 5.33. The molecular weight excluding hydrogens is 196 g/mol. The third-order valence-electron chi connectivity index (χ3n) is 7.73. The summed E-state index contributed by atoms with van der Waals surface area (Å²) in [5, 5.41) is 9.44. The van der Waals surface area contributed by atoms with Gasteiger partial charge in [-0.3, -0.25) is 0 Å². The molecule has 0 spiro atoms. The normalized spacial score (nSPS) is 67.1. The maximum atomic E-state index is 9.44.